The predicted molar refractivity (Wildman–Crippen MR) is 65.3 cm³/mol. The molecule has 1 aromatic heterocycles. The highest BCUT2D eigenvalue weighted by molar-refractivity contribution is 7.12. The number of hydrogen-bond donors (Lipinski definition) is 1. The van der Waals surface area contributed by atoms with Crippen LogP contribution in [0.5, 0.6) is 0 Å². The highest BCUT2D eigenvalue weighted by Crippen LogP contribution is 2.22. The SMILES string of the molecule is CNCCCCCc1sc(C)cc1C. The molecule has 0 aliphatic carbocycles. The Kier molecular flexibility index (Phi) is 5.20. The maximum absolute atomic E-state index is 3.18. The Morgan fingerprint density at radius 2 is 2.00 bits per heavy atom. The summed E-state index contributed by atoms with van der Waals surface area (Å²) in [6.45, 7) is 5.58. The van der Waals surface area contributed by atoms with Crippen LogP contribution in [0.25, 0.3) is 0 Å². The van der Waals surface area contributed by atoms with Crippen molar-refractivity contribution in [1.82, 2.24) is 5.32 Å². The van der Waals surface area contributed by atoms with Crippen molar-refractivity contribution in [2.75, 3.05) is 13.6 Å². The van der Waals surface area contributed by atoms with E-state index in [9.17, 15) is 0 Å². The maximum Gasteiger partial charge on any atom is 0.00772 e. The number of hydrogen-bond acceptors (Lipinski definition) is 2. The third-order valence-corrected chi connectivity index (χ3v) is 3.69. The summed E-state index contributed by atoms with van der Waals surface area (Å²) in [6.07, 6.45) is 5.26. The molecule has 0 atom stereocenters. The summed E-state index contributed by atoms with van der Waals surface area (Å²) in [5, 5.41) is 3.18. The van der Waals surface area contributed by atoms with Crippen LogP contribution in [0, 0.1) is 13.8 Å². The fourth-order valence-corrected chi connectivity index (χ4v) is 2.79. The Labute approximate surface area is 91.5 Å². The van der Waals surface area contributed by atoms with Crippen LogP contribution >= 0.6 is 11.3 Å². The zero-order valence-electron chi connectivity index (χ0n) is 9.52. The lowest BCUT2D eigenvalue weighted by molar-refractivity contribution is 0.644. The Hall–Kier alpha value is -0.340. The minimum Gasteiger partial charge on any atom is -0.320 e. The molecule has 0 radical (unpaired) electrons. The van der Waals surface area contributed by atoms with Crippen molar-refractivity contribution >= 4 is 11.3 Å². The van der Waals surface area contributed by atoms with Gasteiger partial charge in [-0.3, -0.25) is 0 Å². The van der Waals surface area contributed by atoms with Gasteiger partial charge in [-0.2, -0.15) is 0 Å². The second kappa shape index (κ2) is 6.20. The van der Waals surface area contributed by atoms with E-state index in [1.807, 2.05) is 18.4 Å². The van der Waals surface area contributed by atoms with Crippen molar-refractivity contribution in [3.05, 3.63) is 21.4 Å². The Morgan fingerprint density at radius 1 is 1.21 bits per heavy atom. The third kappa shape index (κ3) is 3.81. The molecule has 0 saturated heterocycles. The van der Waals surface area contributed by atoms with E-state index >= 15 is 0 Å². The summed E-state index contributed by atoms with van der Waals surface area (Å²) in [5.74, 6) is 0. The topological polar surface area (TPSA) is 12.0 Å². The number of aryl methyl sites for hydroxylation is 3. The number of unbranched alkanes of at least 4 members (excludes halogenated alkanes) is 2. The average Bonchev–Trinajstić information content (AvgIpc) is 2.45. The van der Waals surface area contributed by atoms with E-state index in [1.54, 1.807) is 4.88 Å². The van der Waals surface area contributed by atoms with E-state index in [0.29, 0.717) is 0 Å². The highest BCUT2D eigenvalue weighted by Gasteiger charge is 2.01. The van der Waals surface area contributed by atoms with Crippen molar-refractivity contribution in [1.29, 1.82) is 0 Å². The van der Waals surface area contributed by atoms with E-state index < -0.39 is 0 Å². The molecule has 1 heterocycles. The number of thiophene rings is 1. The van der Waals surface area contributed by atoms with Crippen LogP contribution in [0.2, 0.25) is 0 Å². The molecule has 0 aromatic carbocycles. The molecule has 14 heavy (non-hydrogen) atoms. The van der Waals surface area contributed by atoms with Crippen LogP contribution in [0.3, 0.4) is 0 Å². The van der Waals surface area contributed by atoms with Gasteiger partial charge in [0.1, 0.15) is 0 Å². The van der Waals surface area contributed by atoms with Crippen LogP contribution in [0.15, 0.2) is 6.07 Å². The summed E-state index contributed by atoms with van der Waals surface area (Å²) in [6, 6.07) is 2.30. The van der Waals surface area contributed by atoms with Crippen molar-refractivity contribution < 1.29 is 0 Å². The van der Waals surface area contributed by atoms with Crippen molar-refractivity contribution in [2.45, 2.75) is 39.5 Å². The maximum atomic E-state index is 3.18. The number of rotatable bonds is 6. The quantitative estimate of drug-likeness (QED) is 0.712. The standard InChI is InChI=1S/C12H21NS/c1-10-9-11(2)14-12(10)7-5-4-6-8-13-3/h9,13H,4-8H2,1-3H3. The lowest BCUT2D eigenvalue weighted by atomic mass is 10.1. The van der Waals surface area contributed by atoms with Crippen LogP contribution in [0.4, 0.5) is 0 Å². The van der Waals surface area contributed by atoms with Crippen molar-refractivity contribution in [2.24, 2.45) is 0 Å². The van der Waals surface area contributed by atoms with Gasteiger partial charge < -0.3 is 5.32 Å². The van der Waals surface area contributed by atoms with E-state index in [4.69, 9.17) is 0 Å². The van der Waals surface area contributed by atoms with E-state index in [2.05, 4.69) is 25.2 Å². The number of nitrogens with one attached hydrogen (secondary N) is 1. The lowest BCUT2D eigenvalue weighted by Crippen LogP contribution is -2.07. The van der Waals surface area contributed by atoms with Gasteiger partial charge in [-0.15, -0.1) is 11.3 Å². The first-order valence-electron chi connectivity index (χ1n) is 5.44. The molecule has 0 spiro atoms. The molecule has 1 aromatic rings. The molecule has 0 unspecified atom stereocenters. The Bertz CT molecular complexity index is 265. The summed E-state index contributed by atoms with van der Waals surface area (Å²) in [7, 11) is 2.02. The first kappa shape index (κ1) is 11.7. The zero-order valence-corrected chi connectivity index (χ0v) is 10.3. The summed E-state index contributed by atoms with van der Waals surface area (Å²) >= 11 is 1.96. The first-order chi connectivity index (χ1) is 6.74. The van der Waals surface area contributed by atoms with Gasteiger partial charge in [0, 0.05) is 9.75 Å². The van der Waals surface area contributed by atoms with Gasteiger partial charge >= 0.3 is 0 Å². The van der Waals surface area contributed by atoms with Gasteiger partial charge in [-0.05, 0) is 58.3 Å². The largest absolute Gasteiger partial charge is 0.320 e. The monoisotopic (exact) mass is 211 g/mol. The molecule has 1 N–H and O–H groups in total. The second-order valence-corrected chi connectivity index (χ2v) is 5.22. The van der Waals surface area contributed by atoms with Gasteiger partial charge in [-0.1, -0.05) is 6.42 Å². The Morgan fingerprint density at radius 3 is 2.57 bits per heavy atom. The smallest absolute Gasteiger partial charge is 0.00772 e. The molecular weight excluding hydrogens is 190 g/mol. The highest BCUT2D eigenvalue weighted by atomic mass is 32.1. The van der Waals surface area contributed by atoms with Crippen LogP contribution in [-0.4, -0.2) is 13.6 Å². The minimum absolute atomic E-state index is 1.16. The molecule has 0 fully saturated rings. The van der Waals surface area contributed by atoms with Gasteiger partial charge in [-0.25, -0.2) is 0 Å². The van der Waals surface area contributed by atoms with Gasteiger partial charge in [0.25, 0.3) is 0 Å². The second-order valence-electron chi connectivity index (χ2n) is 3.88. The molecular formula is C12H21NS. The lowest BCUT2D eigenvalue weighted by Gasteiger charge is -2.00. The zero-order chi connectivity index (χ0) is 10.4. The minimum atomic E-state index is 1.16. The molecule has 0 aliphatic heterocycles. The predicted octanol–water partition coefficient (Wildman–Crippen LogP) is 3.30. The van der Waals surface area contributed by atoms with E-state index in [-0.39, 0.29) is 0 Å². The summed E-state index contributed by atoms with van der Waals surface area (Å²) in [4.78, 5) is 3.04. The summed E-state index contributed by atoms with van der Waals surface area (Å²) in [5.41, 5.74) is 1.49. The average molecular weight is 211 g/mol. The fraction of sp³-hybridized carbons (Fsp3) is 0.667. The molecule has 0 amide bonds. The Balaban J connectivity index is 2.21. The van der Waals surface area contributed by atoms with Gasteiger partial charge in [0.05, 0.1) is 0 Å². The van der Waals surface area contributed by atoms with Crippen LogP contribution in [-0.2, 0) is 6.42 Å². The first-order valence-corrected chi connectivity index (χ1v) is 6.26. The van der Waals surface area contributed by atoms with Crippen molar-refractivity contribution in [3.8, 4) is 0 Å². The van der Waals surface area contributed by atoms with Gasteiger partial charge in [0.15, 0.2) is 0 Å². The molecule has 80 valence electrons. The molecule has 1 nitrogen and oxygen atoms in total. The molecule has 1 rings (SSSR count). The van der Waals surface area contributed by atoms with E-state index in [1.165, 1.54) is 36.1 Å². The fourth-order valence-electron chi connectivity index (χ4n) is 1.70. The molecule has 2 heteroatoms. The van der Waals surface area contributed by atoms with Crippen LogP contribution < -0.4 is 5.32 Å². The molecule has 0 bridgehead atoms. The molecule has 0 saturated carbocycles. The van der Waals surface area contributed by atoms with E-state index in [0.717, 1.165) is 6.54 Å². The van der Waals surface area contributed by atoms with Crippen molar-refractivity contribution in [3.63, 3.8) is 0 Å². The normalized spacial score (nSPS) is 10.8. The molecule has 0 aliphatic rings. The van der Waals surface area contributed by atoms with Gasteiger partial charge in [0.2, 0.25) is 0 Å². The van der Waals surface area contributed by atoms with Crippen LogP contribution in [0.1, 0.15) is 34.6 Å². The summed E-state index contributed by atoms with van der Waals surface area (Å²) < 4.78 is 0. The third-order valence-electron chi connectivity index (χ3n) is 2.47.